The Morgan fingerprint density at radius 3 is 2.78 bits per heavy atom. The predicted molar refractivity (Wildman–Crippen MR) is 81.7 cm³/mol. The van der Waals surface area contributed by atoms with Gasteiger partial charge in [-0.2, -0.15) is 0 Å². The van der Waals surface area contributed by atoms with Gasteiger partial charge in [0, 0.05) is 26.9 Å². The maximum Gasteiger partial charge on any atom is 0.0421 e. The van der Waals surface area contributed by atoms with E-state index in [2.05, 4.69) is 55.4 Å². The highest BCUT2D eigenvalue weighted by atomic mass is 32.2. The second kappa shape index (κ2) is 6.39. The lowest BCUT2D eigenvalue weighted by Crippen LogP contribution is -1.99. The molecular weight excluding hydrogens is 258 g/mol. The highest BCUT2D eigenvalue weighted by Crippen LogP contribution is 2.27. The zero-order chi connectivity index (χ0) is 13.0. The quantitative estimate of drug-likeness (QED) is 0.714. The van der Waals surface area contributed by atoms with Crippen molar-refractivity contribution in [2.45, 2.75) is 43.3 Å². The molecule has 1 atom stereocenters. The number of nitrogens with zero attached hydrogens (tertiary/aromatic N) is 1. The van der Waals surface area contributed by atoms with Gasteiger partial charge in [0.05, 0.1) is 0 Å². The Hall–Kier alpha value is -0.800. The number of rotatable bonds is 5. The molecule has 1 nitrogen and oxygen atoms in total. The van der Waals surface area contributed by atoms with E-state index in [1.165, 1.54) is 15.5 Å². The van der Waals surface area contributed by atoms with Crippen molar-refractivity contribution < 1.29 is 0 Å². The van der Waals surface area contributed by atoms with Crippen molar-refractivity contribution >= 4 is 23.1 Å². The van der Waals surface area contributed by atoms with Crippen LogP contribution in [0.1, 0.15) is 37.3 Å². The molecule has 1 unspecified atom stereocenters. The first-order chi connectivity index (χ1) is 8.65. The molecule has 0 aromatic carbocycles. The molecule has 0 amide bonds. The summed E-state index contributed by atoms with van der Waals surface area (Å²) in [5.41, 5.74) is 1.20. The van der Waals surface area contributed by atoms with Crippen LogP contribution in [0, 0.1) is 0 Å². The zero-order valence-corrected chi connectivity index (χ0v) is 12.7. The Labute approximate surface area is 118 Å². The second-order valence-electron chi connectivity index (χ2n) is 4.77. The van der Waals surface area contributed by atoms with Crippen LogP contribution in [-0.4, -0.2) is 10.2 Å². The molecule has 2 aromatic heterocycles. The molecule has 0 spiro atoms. The first-order valence-corrected chi connectivity index (χ1v) is 8.06. The summed E-state index contributed by atoms with van der Waals surface area (Å²) in [7, 11) is 0. The van der Waals surface area contributed by atoms with Gasteiger partial charge in [0.1, 0.15) is 0 Å². The van der Waals surface area contributed by atoms with Crippen LogP contribution >= 0.6 is 23.1 Å². The van der Waals surface area contributed by atoms with Gasteiger partial charge in [0.2, 0.25) is 0 Å². The van der Waals surface area contributed by atoms with E-state index in [1.807, 2.05) is 29.3 Å². The first-order valence-electron chi connectivity index (χ1n) is 6.30. The minimum Gasteiger partial charge on any atom is -0.261 e. The van der Waals surface area contributed by atoms with Gasteiger partial charge in [0.25, 0.3) is 0 Å². The maximum atomic E-state index is 4.49. The molecule has 2 heterocycles. The Balaban J connectivity index is 2.05. The molecule has 2 aromatic rings. The Morgan fingerprint density at radius 1 is 1.28 bits per heavy atom. The fourth-order valence-corrected chi connectivity index (χ4v) is 3.57. The van der Waals surface area contributed by atoms with E-state index >= 15 is 0 Å². The Bertz CT molecular complexity index is 477. The van der Waals surface area contributed by atoms with Crippen LogP contribution in [0.3, 0.4) is 0 Å². The van der Waals surface area contributed by atoms with Crippen LogP contribution in [-0.2, 0) is 6.42 Å². The van der Waals surface area contributed by atoms with Gasteiger partial charge in [-0.3, -0.25) is 4.98 Å². The average Bonchev–Trinajstić information content (AvgIpc) is 2.81. The standard InChI is InChI=1S/C15H19NS2/c1-11(2)18-14-6-7-16-13(10-14)9-12(3)15-5-4-8-17-15/h4-8,10-12H,9H2,1-3H3. The SMILES string of the molecule is CC(C)Sc1ccnc(CC(C)c2cccs2)c1. The van der Waals surface area contributed by atoms with Crippen LogP contribution in [0.15, 0.2) is 40.7 Å². The van der Waals surface area contributed by atoms with Gasteiger partial charge in [-0.15, -0.1) is 23.1 Å². The summed E-state index contributed by atoms with van der Waals surface area (Å²) in [6.07, 6.45) is 2.95. The fourth-order valence-electron chi connectivity index (χ4n) is 1.90. The van der Waals surface area contributed by atoms with Crippen LogP contribution in [0.25, 0.3) is 0 Å². The van der Waals surface area contributed by atoms with Crippen LogP contribution in [0.5, 0.6) is 0 Å². The molecule has 0 saturated heterocycles. The third kappa shape index (κ3) is 3.85. The highest BCUT2D eigenvalue weighted by Gasteiger charge is 2.09. The van der Waals surface area contributed by atoms with Crippen LogP contribution in [0.2, 0.25) is 0 Å². The first kappa shape index (κ1) is 13.6. The Kier molecular flexibility index (Phi) is 4.84. The third-order valence-corrected chi connectivity index (χ3v) is 4.81. The summed E-state index contributed by atoms with van der Waals surface area (Å²) < 4.78 is 0. The van der Waals surface area contributed by atoms with Crippen molar-refractivity contribution in [3.63, 3.8) is 0 Å². The van der Waals surface area contributed by atoms with Crippen LogP contribution in [0.4, 0.5) is 0 Å². The fraction of sp³-hybridized carbons (Fsp3) is 0.400. The van der Waals surface area contributed by atoms with Crippen LogP contribution < -0.4 is 0 Å². The number of thioether (sulfide) groups is 1. The van der Waals surface area contributed by atoms with E-state index in [-0.39, 0.29) is 0 Å². The van der Waals surface area contributed by atoms with E-state index < -0.39 is 0 Å². The summed E-state index contributed by atoms with van der Waals surface area (Å²) >= 11 is 3.73. The molecule has 0 aliphatic heterocycles. The molecule has 2 rings (SSSR count). The van der Waals surface area contributed by atoms with Crippen molar-refractivity contribution in [2.75, 3.05) is 0 Å². The number of aromatic nitrogens is 1. The maximum absolute atomic E-state index is 4.49. The minimum atomic E-state index is 0.553. The number of thiophene rings is 1. The summed E-state index contributed by atoms with van der Waals surface area (Å²) in [4.78, 5) is 7.26. The molecule has 3 heteroatoms. The normalized spacial score (nSPS) is 12.9. The van der Waals surface area contributed by atoms with E-state index in [0.717, 1.165) is 6.42 Å². The largest absolute Gasteiger partial charge is 0.261 e. The lowest BCUT2D eigenvalue weighted by molar-refractivity contribution is 0.752. The second-order valence-corrected chi connectivity index (χ2v) is 7.40. The number of hydrogen-bond acceptors (Lipinski definition) is 3. The van der Waals surface area contributed by atoms with Gasteiger partial charge >= 0.3 is 0 Å². The monoisotopic (exact) mass is 277 g/mol. The molecule has 0 aliphatic carbocycles. The summed E-state index contributed by atoms with van der Waals surface area (Å²) in [6.45, 7) is 6.72. The third-order valence-electron chi connectivity index (χ3n) is 2.70. The molecule has 0 saturated carbocycles. The van der Waals surface area contributed by atoms with Crippen molar-refractivity contribution in [1.82, 2.24) is 4.98 Å². The molecular formula is C15H19NS2. The predicted octanol–water partition coefficient (Wildman–Crippen LogP) is 4.99. The van der Waals surface area contributed by atoms with Gasteiger partial charge in [0.15, 0.2) is 0 Å². The van der Waals surface area contributed by atoms with Gasteiger partial charge in [-0.25, -0.2) is 0 Å². The smallest absolute Gasteiger partial charge is 0.0421 e. The molecule has 0 aliphatic rings. The lowest BCUT2D eigenvalue weighted by atomic mass is 10.0. The van der Waals surface area contributed by atoms with Crippen molar-refractivity contribution in [3.05, 3.63) is 46.4 Å². The minimum absolute atomic E-state index is 0.553. The zero-order valence-electron chi connectivity index (χ0n) is 11.1. The van der Waals surface area contributed by atoms with E-state index in [1.54, 1.807) is 0 Å². The summed E-state index contributed by atoms with van der Waals surface area (Å²) in [6, 6.07) is 8.66. The van der Waals surface area contributed by atoms with E-state index in [9.17, 15) is 0 Å². The Morgan fingerprint density at radius 2 is 2.11 bits per heavy atom. The summed E-state index contributed by atoms with van der Waals surface area (Å²) in [5.74, 6) is 0.553. The van der Waals surface area contributed by atoms with Gasteiger partial charge in [-0.1, -0.05) is 26.8 Å². The topological polar surface area (TPSA) is 12.9 Å². The lowest BCUT2D eigenvalue weighted by Gasteiger charge is -2.10. The molecule has 0 radical (unpaired) electrons. The molecule has 96 valence electrons. The van der Waals surface area contributed by atoms with Gasteiger partial charge < -0.3 is 0 Å². The van der Waals surface area contributed by atoms with E-state index in [0.29, 0.717) is 11.2 Å². The van der Waals surface area contributed by atoms with Gasteiger partial charge in [-0.05, 0) is 35.9 Å². The van der Waals surface area contributed by atoms with Crippen molar-refractivity contribution in [1.29, 1.82) is 0 Å². The summed E-state index contributed by atoms with van der Waals surface area (Å²) in [5, 5.41) is 2.76. The van der Waals surface area contributed by atoms with Crippen molar-refractivity contribution in [2.24, 2.45) is 0 Å². The molecule has 0 fully saturated rings. The number of pyridine rings is 1. The highest BCUT2D eigenvalue weighted by molar-refractivity contribution is 7.99. The molecule has 18 heavy (non-hydrogen) atoms. The number of hydrogen-bond donors (Lipinski definition) is 0. The molecule has 0 N–H and O–H groups in total. The molecule has 0 bridgehead atoms. The van der Waals surface area contributed by atoms with E-state index in [4.69, 9.17) is 0 Å². The average molecular weight is 277 g/mol. The van der Waals surface area contributed by atoms with Crippen molar-refractivity contribution in [3.8, 4) is 0 Å².